The summed E-state index contributed by atoms with van der Waals surface area (Å²) in [6.07, 6.45) is 1.86. The zero-order valence-electron chi connectivity index (χ0n) is 11.0. The zero-order valence-corrected chi connectivity index (χ0v) is 11.0. The van der Waals surface area contributed by atoms with E-state index < -0.39 is 5.82 Å². The van der Waals surface area contributed by atoms with Crippen LogP contribution in [0.25, 0.3) is 10.8 Å². The van der Waals surface area contributed by atoms with Gasteiger partial charge in [-0.15, -0.1) is 0 Å². The third-order valence-electron chi connectivity index (χ3n) is 3.38. The summed E-state index contributed by atoms with van der Waals surface area (Å²) in [4.78, 5) is 23.8. The van der Waals surface area contributed by atoms with Gasteiger partial charge in [0.1, 0.15) is 5.82 Å². The Balaban J connectivity index is 2.18. The molecule has 0 fully saturated rings. The van der Waals surface area contributed by atoms with Gasteiger partial charge in [-0.2, -0.15) is 0 Å². The van der Waals surface area contributed by atoms with E-state index in [1.165, 1.54) is 24.3 Å². The van der Waals surface area contributed by atoms with Crippen LogP contribution < -0.4 is 0 Å². The second kappa shape index (κ2) is 5.29. The van der Waals surface area contributed by atoms with Crippen LogP contribution >= 0.6 is 0 Å². The molecule has 101 valence electrons. The highest BCUT2D eigenvalue weighted by atomic mass is 19.1. The molecule has 0 aromatic heterocycles. The van der Waals surface area contributed by atoms with E-state index in [1.54, 1.807) is 24.3 Å². The molecule has 0 unspecified atom stereocenters. The average molecular weight is 277 g/mol. The van der Waals surface area contributed by atoms with Crippen LogP contribution in [0.1, 0.15) is 21.5 Å². The van der Waals surface area contributed by atoms with Crippen molar-refractivity contribution in [1.29, 1.82) is 0 Å². The van der Waals surface area contributed by atoms with Crippen molar-refractivity contribution in [2.45, 2.75) is 0 Å². The number of halogens is 1. The molecular formula is C18H10FO2. The standard InChI is InChI=1S/C18H10FO2/c19-14-8-5-13(6-9-14)18(21)16-10-7-12-3-1-2-4-15(12)17(16)11-20/h1-10H. The summed E-state index contributed by atoms with van der Waals surface area (Å²) in [7, 11) is 0. The van der Waals surface area contributed by atoms with Gasteiger partial charge >= 0.3 is 0 Å². The Morgan fingerprint density at radius 2 is 1.62 bits per heavy atom. The fraction of sp³-hybridized carbons (Fsp3) is 0. The maximum absolute atomic E-state index is 12.9. The van der Waals surface area contributed by atoms with Crippen molar-refractivity contribution in [3.63, 3.8) is 0 Å². The van der Waals surface area contributed by atoms with Crippen LogP contribution in [0.5, 0.6) is 0 Å². The van der Waals surface area contributed by atoms with Gasteiger partial charge in [-0.25, -0.2) is 4.39 Å². The number of carbonyl (C=O) groups is 1. The molecule has 0 heterocycles. The molecule has 0 amide bonds. The third-order valence-corrected chi connectivity index (χ3v) is 3.38. The lowest BCUT2D eigenvalue weighted by molar-refractivity contribution is 0.103. The van der Waals surface area contributed by atoms with Crippen molar-refractivity contribution in [2.24, 2.45) is 0 Å². The maximum atomic E-state index is 12.9. The van der Waals surface area contributed by atoms with Crippen LogP contribution in [0.15, 0.2) is 60.7 Å². The van der Waals surface area contributed by atoms with E-state index in [-0.39, 0.29) is 16.9 Å². The first-order valence-electron chi connectivity index (χ1n) is 6.41. The first-order chi connectivity index (χ1) is 10.2. The topological polar surface area (TPSA) is 34.1 Å². The number of fused-ring (bicyclic) bond motifs is 1. The molecule has 3 rings (SSSR count). The van der Waals surface area contributed by atoms with Crippen LogP contribution in [0, 0.1) is 5.82 Å². The number of benzene rings is 3. The monoisotopic (exact) mass is 277 g/mol. The Morgan fingerprint density at radius 3 is 2.33 bits per heavy atom. The van der Waals surface area contributed by atoms with E-state index in [4.69, 9.17) is 0 Å². The van der Waals surface area contributed by atoms with Gasteiger partial charge in [-0.05, 0) is 41.1 Å². The van der Waals surface area contributed by atoms with Crippen LogP contribution in [0.4, 0.5) is 4.39 Å². The number of ketones is 1. The Bertz CT molecular complexity index is 835. The zero-order chi connectivity index (χ0) is 14.8. The van der Waals surface area contributed by atoms with Crippen molar-refractivity contribution in [3.05, 3.63) is 83.2 Å². The first-order valence-corrected chi connectivity index (χ1v) is 6.41. The summed E-state index contributed by atoms with van der Waals surface area (Å²) in [5, 5.41) is 1.55. The number of hydrogen-bond donors (Lipinski definition) is 0. The summed E-state index contributed by atoms with van der Waals surface area (Å²) in [5.41, 5.74) is 0.848. The largest absolute Gasteiger partial charge is 0.289 e. The minimum Gasteiger partial charge on any atom is -0.289 e. The molecule has 21 heavy (non-hydrogen) atoms. The highest BCUT2D eigenvalue weighted by Crippen LogP contribution is 2.23. The fourth-order valence-electron chi connectivity index (χ4n) is 2.33. The van der Waals surface area contributed by atoms with E-state index in [9.17, 15) is 14.0 Å². The molecule has 0 aliphatic heterocycles. The summed E-state index contributed by atoms with van der Waals surface area (Å²) in [6.45, 7) is 0. The van der Waals surface area contributed by atoms with Crippen LogP contribution in [0.2, 0.25) is 0 Å². The summed E-state index contributed by atoms with van der Waals surface area (Å²) in [6, 6.07) is 15.9. The Labute approximate surface area is 120 Å². The number of carbonyl (C=O) groups excluding carboxylic acids is 2. The molecule has 0 saturated carbocycles. The van der Waals surface area contributed by atoms with E-state index in [2.05, 4.69) is 0 Å². The predicted octanol–water partition coefficient (Wildman–Crippen LogP) is 3.67. The molecule has 3 aromatic rings. The second-order valence-electron chi connectivity index (χ2n) is 4.65. The molecule has 0 spiro atoms. The van der Waals surface area contributed by atoms with Gasteiger partial charge in [-0.3, -0.25) is 9.59 Å². The summed E-state index contributed by atoms with van der Waals surface area (Å²) < 4.78 is 12.9. The Kier molecular flexibility index (Phi) is 3.32. The molecule has 2 nitrogen and oxygen atoms in total. The third kappa shape index (κ3) is 2.34. The highest BCUT2D eigenvalue weighted by Gasteiger charge is 2.16. The van der Waals surface area contributed by atoms with E-state index in [1.807, 2.05) is 18.4 Å². The smallest absolute Gasteiger partial charge is 0.234 e. The van der Waals surface area contributed by atoms with Crippen molar-refractivity contribution in [3.8, 4) is 0 Å². The maximum Gasteiger partial charge on any atom is 0.234 e. The van der Waals surface area contributed by atoms with Crippen molar-refractivity contribution >= 4 is 22.8 Å². The molecule has 3 heteroatoms. The molecule has 1 radical (unpaired) electrons. The van der Waals surface area contributed by atoms with Gasteiger partial charge < -0.3 is 0 Å². The minimum absolute atomic E-state index is 0.238. The lowest BCUT2D eigenvalue weighted by atomic mass is 9.94. The lowest BCUT2D eigenvalue weighted by Gasteiger charge is -2.07. The highest BCUT2D eigenvalue weighted by molar-refractivity contribution is 6.16. The Hall–Kier alpha value is -2.81. The van der Waals surface area contributed by atoms with Gasteiger partial charge in [0.05, 0.1) is 0 Å². The molecule has 0 aliphatic rings. The minimum atomic E-state index is -0.410. The normalized spacial score (nSPS) is 10.5. The predicted molar refractivity (Wildman–Crippen MR) is 78.6 cm³/mol. The quantitative estimate of drug-likeness (QED) is 0.684. The molecular weight excluding hydrogens is 267 g/mol. The van der Waals surface area contributed by atoms with Gasteiger partial charge in [-0.1, -0.05) is 30.3 Å². The molecule has 0 saturated heterocycles. The number of hydrogen-bond acceptors (Lipinski definition) is 2. The van der Waals surface area contributed by atoms with Crippen LogP contribution in [0.3, 0.4) is 0 Å². The van der Waals surface area contributed by atoms with Crippen molar-refractivity contribution < 1.29 is 14.0 Å². The molecule has 0 atom stereocenters. The Morgan fingerprint density at radius 1 is 0.905 bits per heavy atom. The van der Waals surface area contributed by atoms with Gasteiger partial charge in [0, 0.05) is 16.7 Å². The molecule has 3 aromatic carbocycles. The molecule has 0 N–H and O–H groups in total. The molecule has 0 aliphatic carbocycles. The van der Waals surface area contributed by atoms with Gasteiger partial charge in [0.15, 0.2) is 5.78 Å². The second-order valence-corrected chi connectivity index (χ2v) is 4.65. The van der Waals surface area contributed by atoms with Crippen LogP contribution in [-0.4, -0.2) is 12.1 Å². The van der Waals surface area contributed by atoms with Crippen molar-refractivity contribution in [2.75, 3.05) is 0 Å². The fourth-order valence-corrected chi connectivity index (χ4v) is 2.33. The van der Waals surface area contributed by atoms with Gasteiger partial charge in [0.2, 0.25) is 6.29 Å². The van der Waals surface area contributed by atoms with E-state index >= 15 is 0 Å². The SMILES string of the molecule is O=[C]c1c(C(=O)c2ccc(F)cc2)ccc2ccccc12. The van der Waals surface area contributed by atoms with E-state index in [0.29, 0.717) is 10.9 Å². The lowest BCUT2D eigenvalue weighted by Crippen LogP contribution is -2.06. The summed E-state index contributed by atoms with van der Waals surface area (Å²) >= 11 is 0. The van der Waals surface area contributed by atoms with Crippen molar-refractivity contribution in [1.82, 2.24) is 0 Å². The van der Waals surface area contributed by atoms with Crippen LogP contribution in [-0.2, 0) is 4.79 Å². The van der Waals surface area contributed by atoms with Gasteiger partial charge in [0.25, 0.3) is 0 Å². The summed E-state index contributed by atoms with van der Waals surface area (Å²) in [5.74, 6) is -0.730. The first kappa shape index (κ1) is 13.2. The average Bonchev–Trinajstić information content (AvgIpc) is 2.53. The number of rotatable bonds is 3. The molecule has 0 bridgehead atoms. The van der Waals surface area contributed by atoms with E-state index in [0.717, 1.165) is 5.39 Å².